The number of aromatic amines is 1. The first-order valence-electron chi connectivity index (χ1n) is 11.0. The number of fused-ring (bicyclic) bond motifs is 1. The van der Waals surface area contributed by atoms with Crippen LogP contribution in [0.4, 0.5) is 5.69 Å². The standard InChI is InChI=1S/C25H20N4O6/c30-23(20-14-17-4-1-2-5-19(17)35-20)21-22(16-6-8-18(9-7-16)29(33)34)28(25(32)24(21)31)12-3-11-27-13-10-26-15-27/h1-2,4-10,13-15,22H,3,11-12H2,(H,30,31)/p+1. The van der Waals surface area contributed by atoms with Gasteiger partial charge in [-0.05, 0) is 29.8 Å². The van der Waals surface area contributed by atoms with Crippen LogP contribution in [-0.4, -0.2) is 38.1 Å². The summed E-state index contributed by atoms with van der Waals surface area (Å²) in [6, 6.07) is 13.4. The van der Waals surface area contributed by atoms with Crippen LogP contribution in [0.3, 0.4) is 0 Å². The number of aromatic nitrogens is 2. The number of imidazole rings is 1. The number of non-ortho nitro benzene ring substituents is 1. The number of ketones is 1. The van der Waals surface area contributed by atoms with Crippen LogP contribution in [0.5, 0.6) is 0 Å². The number of carbonyl (C=O) groups excluding carboxylic acids is 2. The fourth-order valence-corrected chi connectivity index (χ4v) is 4.35. The Hall–Kier alpha value is -4.73. The lowest BCUT2D eigenvalue weighted by Crippen LogP contribution is -2.36. The zero-order valence-corrected chi connectivity index (χ0v) is 18.5. The van der Waals surface area contributed by atoms with E-state index in [9.17, 15) is 24.8 Å². The monoisotopic (exact) mass is 473 g/mol. The van der Waals surface area contributed by atoms with Crippen molar-refractivity contribution in [1.82, 2.24) is 9.88 Å². The molecule has 10 nitrogen and oxygen atoms in total. The van der Waals surface area contributed by atoms with Gasteiger partial charge >= 0.3 is 0 Å². The molecule has 1 unspecified atom stereocenters. The smallest absolute Gasteiger partial charge is 0.290 e. The number of nitro groups is 1. The number of aliphatic hydroxyl groups is 1. The van der Waals surface area contributed by atoms with Gasteiger partial charge in [0.15, 0.2) is 11.5 Å². The van der Waals surface area contributed by atoms with E-state index in [1.807, 2.05) is 16.8 Å². The van der Waals surface area contributed by atoms with Crippen LogP contribution >= 0.6 is 0 Å². The normalized spacial score (nSPS) is 15.8. The average Bonchev–Trinajstić information content (AvgIpc) is 3.59. The number of hydrogen-bond donors (Lipinski definition) is 2. The Morgan fingerprint density at radius 3 is 2.66 bits per heavy atom. The van der Waals surface area contributed by atoms with Crippen LogP contribution in [0.1, 0.15) is 28.6 Å². The lowest BCUT2D eigenvalue weighted by Gasteiger charge is -2.26. The van der Waals surface area contributed by atoms with Gasteiger partial charge in [0.05, 0.1) is 23.1 Å². The number of benzene rings is 2. The number of H-pyrrole nitrogens is 1. The molecule has 176 valence electrons. The molecule has 10 heteroatoms. The van der Waals surface area contributed by atoms with Crippen LogP contribution < -0.4 is 4.57 Å². The maximum atomic E-state index is 13.5. The number of para-hydroxylation sites is 1. The minimum absolute atomic E-state index is 0.00260. The lowest BCUT2D eigenvalue weighted by atomic mass is 9.94. The molecule has 0 radical (unpaired) electrons. The van der Waals surface area contributed by atoms with Crippen LogP contribution in [0, 0.1) is 10.1 Å². The number of nitrogens with zero attached hydrogens (tertiary/aromatic N) is 3. The number of nitro benzene ring substituents is 1. The molecule has 5 rings (SSSR count). The van der Waals surface area contributed by atoms with Gasteiger partial charge in [-0.25, -0.2) is 4.57 Å². The molecule has 1 atom stereocenters. The van der Waals surface area contributed by atoms with Crippen molar-refractivity contribution in [1.29, 1.82) is 0 Å². The minimum Gasteiger partial charge on any atom is -0.503 e. The first kappa shape index (κ1) is 22.1. The number of amides is 1. The van der Waals surface area contributed by atoms with Gasteiger partial charge in [-0.15, -0.1) is 0 Å². The van der Waals surface area contributed by atoms with Crippen molar-refractivity contribution >= 4 is 28.3 Å². The van der Waals surface area contributed by atoms with E-state index in [1.165, 1.54) is 29.2 Å². The zero-order chi connectivity index (χ0) is 24.5. The molecule has 4 aromatic rings. The summed E-state index contributed by atoms with van der Waals surface area (Å²) in [5, 5.41) is 22.6. The van der Waals surface area contributed by atoms with Crippen molar-refractivity contribution in [2.45, 2.75) is 19.0 Å². The summed E-state index contributed by atoms with van der Waals surface area (Å²) in [7, 11) is 0. The van der Waals surface area contributed by atoms with Crippen LogP contribution in [-0.2, 0) is 11.3 Å². The van der Waals surface area contributed by atoms with E-state index in [0.717, 1.165) is 0 Å². The quantitative estimate of drug-likeness (QED) is 0.174. The molecule has 2 aromatic carbocycles. The maximum absolute atomic E-state index is 13.5. The molecule has 2 aromatic heterocycles. The summed E-state index contributed by atoms with van der Waals surface area (Å²) in [5.74, 6) is -1.94. The number of nitrogens with one attached hydrogen (secondary N) is 1. The predicted octanol–water partition coefficient (Wildman–Crippen LogP) is 3.63. The third-order valence-electron chi connectivity index (χ3n) is 6.04. The van der Waals surface area contributed by atoms with Crippen LogP contribution in [0.15, 0.2) is 89.1 Å². The highest BCUT2D eigenvalue weighted by molar-refractivity contribution is 6.16. The summed E-state index contributed by atoms with van der Waals surface area (Å²) < 4.78 is 7.62. The van der Waals surface area contributed by atoms with Crippen molar-refractivity contribution in [2.24, 2.45) is 0 Å². The number of Topliss-reactive ketones (excluding diaryl/α,β-unsaturated/α-hetero) is 1. The SMILES string of the molecule is O=C(C1=C(O)C(=O)N(CCC[n+]2cc[nH]c2)C1c1ccc([N+](=O)[O-])cc1)c1cc2ccccc2o1. The van der Waals surface area contributed by atoms with E-state index in [4.69, 9.17) is 4.42 Å². The zero-order valence-electron chi connectivity index (χ0n) is 18.5. The first-order valence-corrected chi connectivity index (χ1v) is 11.0. The van der Waals surface area contributed by atoms with E-state index in [2.05, 4.69) is 4.98 Å². The molecule has 1 aliphatic rings. The highest BCUT2D eigenvalue weighted by Gasteiger charge is 2.44. The largest absolute Gasteiger partial charge is 0.503 e. The highest BCUT2D eigenvalue weighted by Crippen LogP contribution is 2.40. The second kappa shape index (κ2) is 8.90. The molecule has 0 fully saturated rings. The number of aliphatic hydroxyl groups excluding tert-OH is 1. The highest BCUT2D eigenvalue weighted by atomic mass is 16.6. The summed E-state index contributed by atoms with van der Waals surface area (Å²) in [4.78, 5) is 41.6. The Bertz CT molecular complexity index is 1420. The Balaban J connectivity index is 1.51. The van der Waals surface area contributed by atoms with Crippen molar-refractivity contribution in [3.63, 3.8) is 0 Å². The summed E-state index contributed by atoms with van der Waals surface area (Å²) in [6.07, 6.45) is 5.97. The molecule has 0 spiro atoms. The van der Waals surface area contributed by atoms with Gasteiger partial charge in [0.1, 0.15) is 18.0 Å². The Morgan fingerprint density at radius 1 is 1.20 bits per heavy atom. The molecule has 35 heavy (non-hydrogen) atoms. The second-order valence-corrected chi connectivity index (χ2v) is 8.19. The summed E-state index contributed by atoms with van der Waals surface area (Å²) in [6.45, 7) is 0.855. The summed E-state index contributed by atoms with van der Waals surface area (Å²) >= 11 is 0. The van der Waals surface area contributed by atoms with Crippen LogP contribution in [0.2, 0.25) is 0 Å². The number of hydrogen-bond acceptors (Lipinski definition) is 6. The predicted molar refractivity (Wildman–Crippen MR) is 123 cm³/mol. The molecule has 0 bridgehead atoms. The minimum atomic E-state index is -0.916. The van der Waals surface area contributed by atoms with Crippen molar-refractivity contribution in [2.75, 3.05) is 6.54 Å². The third kappa shape index (κ3) is 4.05. The Morgan fingerprint density at radius 2 is 1.97 bits per heavy atom. The lowest BCUT2D eigenvalue weighted by molar-refractivity contribution is -0.695. The molecule has 2 N–H and O–H groups in total. The van der Waals surface area contributed by atoms with Gasteiger partial charge in [0.2, 0.25) is 12.1 Å². The van der Waals surface area contributed by atoms with E-state index < -0.39 is 28.4 Å². The van der Waals surface area contributed by atoms with Crippen molar-refractivity contribution in [3.8, 4) is 0 Å². The van der Waals surface area contributed by atoms with Gasteiger partial charge in [-0.3, -0.25) is 24.7 Å². The van der Waals surface area contributed by atoms with E-state index >= 15 is 0 Å². The molecular formula is C25H21N4O6+. The third-order valence-corrected chi connectivity index (χ3v) is 6.04. The fourth-order valence-electron chi connectivity index (χ4n) is 4.35. The second-order valence-electron chi connectivity index (χ2n) is 8.19. The Kier molecular flexibility index (Phi) is 5.61. The van der Waals surface area contributed by atoms with Gasteiger partial charge < -0.3 is 14.4 Å². The Labute approximate surface area is 198 Å². The first-order chi connectivity index (χ1) is 16.9. The fraction of sp³-hybridized carbons (Fsp3) is 0.160. The van der Waals surface area contributed by atoms with E-state index in [0.29, 0.717) is 29.5 Å². The van der Waals surface area contributed by atoms with Crippen molar-refractivity contribution < 1.29 is 28.6 Å². The number of aryl methyl sites for hydroxylation is 1. The average molecular weight is 473 g/mol. The van der Waals surface area contributed by atoms with E-state index in [1.54, 1.807) is 36.8 Å². The molecule has 0 aliphatic carbocycles. The summed E-state index contributed by atoms with van der Waals surface area (Å²) in [5.41, 5.74) is 0.748. The molecular weight excluding hydrogens is 452 g/mol. The number of rotatable bonds is 8. The van der Waals surface area contributed by atoms with Crippen molar-refractivity contribution in [3.05, 3.63) is 106 Å². The van der Waals surface area contributed by atoms with Gasteiger partial charge in [-0.2, -0.15) is 0 Å². The van der Waals surface area contributed by atoms with E-state index in [-0.39, 0.29) is 23.6 Å². The number of carbonyl (C=O) groups is 2. The van der Waals surface area contributed by atoms with Crippen LogP contribution in [0.25, 0.3) is 11.0 Å². The molecule has 0 saturated heterocycles. The van der Waals surface area contributed by atoms with Gasteiger partial charge in [-0.1, -0.05) is 18.2 Å². The maximum Gasteiger partial charge on any atom is 0.290 e. The molecule has 1 amide bonds. The topological polar surface area (TPSA) is 134 Å². The number of furan rings is 1. The van der Waals surface area contributed by atoms with Gasteiger partial charge in [0, 0.05) is 30.5 Å². The molecule has 0 saturated carbocycles. The van der Waals surface area contributed by atoms with Gasteiger partial charge in [0.25, 0.3) is 11.6 Å². The molecule has 1 aliphatic heterocycles. The molecule has 3 heterocycles.